The second kappa shape index (κ2) is 11.8. The molecule has 0 aliphatic heterocycles. The molecule has 0 saturated carbocycles. The van der Waals surface area contributed by atoms with E-state index in [1.165, 1.54) is 10.6 Å². The Morgan fingerprint density at radius 3 is 2.40 bits per heavy atom. The normalized spacial score (nSPS) is 11.1. The third-order valence-corrected chi connectivity index (χ3v) is 5.73. The van der Waals surface area contributed by atoms with Crippen molar-refractivity contribution in [3.63, 3.8) is 0 Å². The summed E-state index contributed by atoms with van der Waals surface area (Å²) in [5.74, 6) is -1.14. The molecule has 0 aliphatic rings. The van der Waals surface area contributed by atoms with E-state index in [0.29, 0.717) is 24.0 Å². The number of thiocarbonyl (C=S) groups is 1. The van der Waals surface area contributed by atoms with Gasteiger partial charge in [0.1, 0.15) is 10.6 Å². The minimum absolute atomic E-state index is 0.0492. The molecule has 13 heteroatoms. The summed E-state index contributed by atoms with van der Waals surface area (Å²) in [6.45, 7) is 1.04. The van der Waals surface area contributed by atoms with E-state index in [1.54, 1.807) is 48.8 Å². The second-order valence-corrected chi connectivity index (χ2v) is 9.04. The van der Waals surface area contributed by atoms with Crippen molar-refractivity contribution in [3.05, 3.63) is 66.5 Å². The number of aliphatic hydroxyl groups excluding tert-OH is 1. The zero-order valence-corrected chi connectivity index (χ0v) is 20.0. The molecule has 6 N–H and O–H groups in total. The van der Waals surface area contributed by atoms with E-state index in [0.717, 1.165) is 6.07 Å². The highest BCUT2D eigenvalue weighted by Crippen LogP contribution is 2.36. The zero-order valence-electron chi connectivity index (χ0n) is 18.4. The number of primary sulfonamides is 1. The Bertz CT molecular complexity index is 1280. The smallest absolute Gasteiger partial charge is 0.335 e. The van der Waals surface area contributed by atoms with Gasteiger partial charge in [-0.2, -0.15) is 0 Å². The van der Waals surface area contributed by atoms with Crippen LogP contribution in [0.3, 0.4) is 0 Å². The van der Waals surface area contributed by atoms with E-state index in [4.69, 9.17) is 31.9 Å². The first-order valence-electron chi connectivity index (χ1n) is 10.3. The van der Waals surface area contributed by atoms with Crippen molar-refractivity contribution in [3.8, 4) is 17.2 Å². The molecular weight excluding hydrogens is 496 g/mol. The van der Waals surface area contributed by atoms with Crippen molar-refractivity contribution in [1.82, 2.24) is 9.88 Å². The fourth-order valence-electron chi connectivity index (χ4n) is 3.01. The number of sulfonamides is 1. The maximum atomic E-state index is 12.3. The molecule has 1 aromatic heterocycles. The van der Waals surface area contributed by atoms with E-state index in [9.17, 15) is 18.3 Å². The monoisotopic (exact) mass is 520 g/mol. The number of nitrogens with one attached hydrogen (secondary N) is 2. The third-order valence-electron chi connectivity index (χ3n) is 4.57. The van der Waals surface area contributed by atoms with E-state index in [-0.39, 0.29) is 36.0 Å². The number of aromatic carboxylic acids is 1. The number of rotatable bonds is 11. The van der Waals surface area contributed by atoms with Gasteiger partial charge >= 0.3 is 5.97 Å². The summed E-state index contributed by atoms with van der Waals surface area (Å²) in [7, 11) is -4.33. The predicted molar refractivity (Wildman–Crippen MR) is 133 cm³/mol. The van der Waals surface area contributed by atoms with Crippen molar-refractivity contribution < 1.29 is 32.9 Å². The van der Waals surface area contributed by atoms with Gasteiger partial charge in [-0.25, -0.2) is 18.4 Å². The number of nitrogens with two attached hydrogens (primary N) is 1. The molecule has 0 aliphatic carbocycles. The number of anilines is 1. The molecule has 0 amide bonds. The molecule has 1 heterocycles. The minimum atomic E-state index is -4.33. The van der Waals surface area contributed by atoms with Crippen LogP contribution in [-0.2, 0) is 14.8 Å². The lowest BCUT2D eigenvalue weighted by atomic mass is 10.1. The van der Waals surface area contributed by atoms with Crippen LogP contribution >= 0.6 is 12.2 Å². The van der Waals surface area contributed by atoms with E-state index in [1.807, 2.05) is 0 Å². The standard InChI is InChI=1S/C22H24N4O7S2/c23-35(30,31)19-14-15(21(28)29)13-18(26-8-1-2-9-26)20(19)33-17-5-3-16(4-6-17)25-22(34)24-7-11-32-12-10-27/h1-6,8-9,13-14,27H,7,10-12H2,(H,28,29)(H2,23,30,31)(H2,24,25,34). The Morgan fingerprint density at radius 2 is 1.80 bits per heavy atom. The van der Waals surface area contributed by atoms with Gasteiger partial charge in [-0.1, -0.05) is 0 Å². The van der Waals surface area contributed by atoms with Gasteiger partial charge in [-0.3, -0.25) is 0 Å². The minimum Gasteiger partial charge on any atom is -0.478 e. The number of carbonyl (C=O) groups is 1. The lowest BCUT2D eigenvalue weighted by Gasteiger charge is -2.17. The van der Waals surface area contributed by atoms with Crippen LogP contribution in [0.25, 0.3) is 5.69 Å². The summed E-state index contributed by atoms with van der Waals surface area (Å²) in [4.78, 5) is 11.1. The van der Waals surface area contributed by atoms with Gasteiger partial charge in [0.2, 0.25) is 10.0 Å². The molecule has 0 spiro atoms. The average Bonchev–Trinajstić information content (AvgIpc) is 3.34. The van der Waals surface area contributed by atoms with Crippen LogP contribution in [-0.4, -0.2) is 60.6 Å². The quantitative estimate of drug-likeness (QED) is 0.186. The number of hydrogen-bond donors (Lipinski definition) is 5. The summed E-state index contributed by atoms with van der Waals surface area (Å²) in [6.07, 6.45) is 3.24. The highest BCUT2D eigenvalue weighted by molar-refractivity contribution is 7.89. The highest BCUT2D eigenvalue weighted by Gasteiger charge is 2.24. The summed E-state index contributed by atoms with van der Waals surface area (Å²) in [5.41, 5.74) is 0.576. The Labute approximate surface area is 207 Å². The summed E-state index contributed by atoms with van der Waals surface area (Å²) >= 11 is 5.22. The van der Waals surface area contributed by atoms with E-state index >= 15 is 0 Å². The molecular formula is C22H24N4O7S2. The Hall–Kier alpha value is -3.49. The van der Waals surface area contributed by atoms with Crippen LogP contribution in [0.1, 0.15) is 10.4 Å². The number of carboxylic acid groups (broad SMARTS) is 1. The maximum Gasteiger partial charge on any atom is 0.335 e. The van der Waals surface area contributed by atoms with Gasteiger partial charge < -0.3 is 34.9 Å². The number of aromatic nitrogens is 1. The molecule has 0 unspecified atom stereocenters. The Kier molecular flexibility index (Phi) is 8.78. The summed E-state index contributed by atoms with van der Waals surface area (Å²) in [5, 5.41) is 29.8. The molecule has 186 valence electrons. The van der Waals surface area contributed by atoms with Crippen molar-refractivity contribution >= 4 is 39.0 Å². The predicted octanol–water partition coefficient (Wildman–Crippen LogP) is 1.91. The number of nitrogens with zero attached hydrogens (tertiary/aromatic N) is 1. The molecule has 11 nitrogen and oxygen atoms in total. The van der Waals surface area contributed by atoms with E-state index in [2.05, 4.69) is 10.6 Å². The van der Waals surface area contributed by atoms with Gasteiger partial charge in [0.05, 0.1) is 31.1 Å². The molecule has 0 bridgehead atoms. The number of benzene rings is 2. The zero-order chi connectivity index (χ0) is 25.4. The number of hydrogen-bond acceptors (Lipinski definition) is 7. The molecule has 0 saturated heterocycles. The maximum absolute atomic E-state index is 12.3. The van der Waals surface area contributed by atoms with Crippen molar-refractivity contribution in [1.29, 1.82) is 0 Å². The molecule has 35 heavy (non-hydrogen) atoms. The van der Waals surface area contributed by atoms with Gasteiger partial charge in [0, 0.05) is 24.6 Å². The van der Waals surface area contributed by atoms with Crippen LogP contribution in [0, 0.1) is 0 Å². The molecule has 0 atom stereocenters. The van der Waals surface area contributed by atoms with Gasteiger partial charge in [0.25, 0.3) is 0 Å². The Morgan fingerprint density at radius 1 is 1.11 bits per heavy atom. The lowest BCUT2D eigenvalue weighted by Crippen LogP contribution is -2.31. The van der Waals surface area contributed by atoms with Gasteiger partial charge in [-0.15, -0.1) is 0 Å². The molecule has 3 aromatic rings. The Balaban J connectivity index is 1.83. The molecule has 2 aromatic carbocycles. The second-order valence-electron chi connectivity index (χ2n) is 7.11. The number of aliphatic hydroxyl groups is 1. The molecule has 0 radical (unpaired) electrons. The molecule has 0 fully saturated rings. The van der Waals surface area contributed by atoms with Crippen LogP contribution in [0.2, 0.25) is 0 Å². The number of ether oxygens (including phenoxy) is 2. The third kappa shape index (κ3) is 7.24. The van der Waals surface area contributed by atoms with Crippen molar-refractivity contribution in [2.75, 3.05) is 31.7 Å². The first kappa shape index (κ1) is 26.1. The fraction of sp³-hybridized carbons (Fsp3) is 0.182. The van der Waals surface area contributed by atoms with Gasteiger partial charge in [-0.05, 0) is 60.7 Å². The van der Waals surface area contributed by atoms with Crippen LogP contribution in [0.5, 0.6) is 11.5 Å². The summed E-state index contributed by atoms with van der Waals surface area (Å²) < 4.78 is 37.2. The number of carboxylic acids is 1. The summed E-state index contributed by atoms with van der Waals surface area (Å²) in [6, 6.07) is 12.2. The average molecular weight is 521 g/mol. The fourth-order valence-corrected chi connectivity index (χ4v) is 3.93. The highest BCUT2D eigenvalue weighted by atomic mass is 32.2. The van der Waals surface area contributed by atoms with Crippen LogP contribution in [0.15, 0.2) is 65.8 Å². The van der Waals surface area contributed by atoms with Crippen LogP contribution in [0.4, 0.5) is 5.69 Å². The first-order chi connectivity index (χ1) is 16.7. The van der Waals surface area contributed by atoms with Gasteiger partial charge in [0.15, 0.2) is 10.9 Å². The molecule has 3 rings (SSSR count). The van der Waals surface area contributed by atoms with Crippen LogP contribution < -0.4 is 20.5 Å². The SMILES string of the molecule is NS(=O)(=O)c1cc(C(=O)O)cc(-n2cccc2)c1Oc1ccc(NC(=S)NCCOCCO)cc1. The largest absolute Gasteiger partial charge is 0.478 e. The topological polar surface area (TPSA) is 165 Å². The van der Waals surface area contributed by atoms with E-state index < -0.39 is 20.9 Å². The lowest BCUT2D eigenvalue weighted by molar-refractivity contribution is 0.0696. The van der Waals surface area contributed by atoms with Crippen molar-refractivity contribution in [2.45, 2.75) is 4.90 Å². The first-order valence-corrected chi connectivity index (χ1v) is 12.2. The van der Waals surface area contributed by atoms with Crippen molar-refractivity contribution in [2.24, 2.45) is 5.14 Å².